The predicted molar refractivity (Wildman–Crippen MR) is 111 cm³/mol. The van der Waals surface area contributed by atoms with Gasteiger partial charge in [-0.1, -0.05) is 59.6 Å². The smallest absolute Gasteiger partial charge is 0.248 e. The molecule has 0 unspecified atom stereocenters. The minimum absolute atomic E-state index is 0.237. The molecule has 0 bridgehead atoms. The lowest BCUT2D eigenvalue weighted by Gasteiger charge is -2.07. The van der Waals surface area contributed by atoms with Crippen LogP contribution in [-0.4, -0.2) is 5.91 Å². The Morgan fingerprint density at radius 1 is 0.926 bits per heavy atom. The summed E-state index contributed by atoms with van der Waals surface area (Å²) in [6, 6.07) is 22.4. The second-order valence-corrected chi connectivity index (χ2v) is 6.61. The molecule has 5 heteroatoms. The number of rotatable bonds is 6. The molecule has 0 spiro atoms. The van der Waals surface area contributed by atoms with Crippen molar-refractivity contribution >= 4 is 40.9 Å². The zero-order valence-electron chi connectivity index (χ0n) is 14.4. The highest BCUT2D eigenvalue weighted by Gasteiger charge is 2.01. The van der Waals surface area contributed by atoms with Crippen molar-refractivity contribution in [3.8, 4) is 5.75 Å². The van der Waals surface area contributed by atoms with Gasteiger partial charge in [0.1, 0.15) is 12.4 Å². The van der Waals surface area contributed by atoms with Gasteiger partial charge in [0.2, 0.25) is 5.91 Å². The van der Waals surface area contributed by atoms with E-state index in [2.05, 4.69) is 5.32 Å². The average molecular weight is 398 g/mol. The maximum Gasteiger partial charge on any atom is 0.248 e. The first-order valence-corrected chi connectivity index (χ1v) is 9.07. The molecule has 0 aliphatic carbocycles. The molecule has 27 heavy (non-hydrogen) atoms. The average Bonchev–Trinajstić information content (AvgIpc) is 2.69. The van der Waals surface area contributed by atoms with Gasteiger partial charge in [0.25, 0.3) is 0 Å². The fraction of sp³-hybridized carbons (Fsp3) is 0.0455. The lowest BCUT2D eigenvalue weighted by Crippen LogP contribution is -2.07. The monoisotopic (exact) mass is 397 g/mol. The summed E-state index contributed by atoms with van der Waals surface area (Å²) < 4.78 is 5.73. The van der Waals surface area contributed by atoms with Gasteiger partial charge in [-0.05, 0) is 53.6 Å². The summed E-state index contributed by atoms with van der Waals surface area (Å²) >= 11 is 11.8. The largest absolute Gasteiger partial charge is 0.489 e. The fourth-order valence-electron chi connectivity index (χ4n) is 2.35. The van der Waals surface area contributed by atoms with Crippen molar-refractivity contribution in [1.82, 2.24) is 0 Å². The van der Waals surface area contributed by atoms with Gasteiger partial charge in [-0.15, -0.1) is 0 Å². The van der Waals surface area contributed by atoms with Gasteiger partial charge in [-0.3, -0.25) is 4.79 Å². The highest BCUT2D eigenvalue weighted by molar-refractivity contribution is 6.42. The van der Waals surface area contributed by atoms with E-state index in [1.165, 1.54) is 6.08 Å². The molecule has 136 valence electrons. The quantitative estimate of drug-likeness (QED) is 0.501. The van der Waals surface area contributed by atoms with Gasteiger partial charge in [-0.2, -0.15) is 0 Å². The van der Waals surface area contributed by atoms with Crippen LogP contribution in [0.5, 0.6) is 5.75 Å². The van der Waals surface area contributed by atoms with E-state index in [0.717, 1.165) is 16.9 Å². The summed E-state index contributed by atoms with van der Waals surface area (Å²) in [5.74, 6) is 0.502. The number of carbonyl (C=O) groups excluding carboxylic acids is 1. The topological polar surface area (TPSA) is 38.3 Å². The number of anilines is 1. The molecule has 0 saturated heterocycles. The summed E-state index contributed by atoms with van der Waals surface area (Å²) in [4.78, 5) is 12.0. The number of carbonyl (C=O) groups is 1. The van der Waals surface area contributed by atoms with E-state index in [0.29, 0.717) is 22.3 Å². The first kappa shape index (κ1) is 19.0. The molecule has 0 radical (unpaired) electrons. The summed E-state index contributed by atoms with van der Waals surface area (Å²) in [7, 11) is 0. The Bertz CT molecular complexity index is 938. The molecule has 0 fully saturated rings. The number of ether oxygens (including phenoxy) is 1. The minimum atomic E-state index is -0.237. The molecule has 1 amide bonds. The van der Waals surface area contributed by atoms with E-state index in [-0.39, 0.29) is 5.91 Å². The number of nitrogens with one attached hydrogen (secondary N) is 1. The Balaban J connectivity index is 1.53. The molecule has 3 nitrogen and oxygen atoms in total. The highest BCUT2D eigenvalue weighted by atomic mass is 35.5. The van der Waals surface area contributed by atoms with E-state index >= 15 is 0 Å². The molecule has 3 rings (SSSR count). The molecule has 1 N–H and O–H groups in total. The number of halogens is 2. The zero-order valence-corrected chi connectivity index (χ0v) is 15.9. The maximum absolute atomic E-state index is 12.0. The third-order valence-corrected chi connectivity index (χ3v) is 4.48. The van der Waals surface area contributed by atoms with Gasteiger partial charge >= 0.3 is 0 Å². The molecular weight excluding hydrogens is 381 g/mol. The Hall–Kier alpha value is -2.75. The fourth-order valence-corrected chi connectivity index (χ4v) is 2.65. The Morgan fingerprint density at radius 2 is 1.67 bits per heavy atom. The van der Waals surface area contributed by atoms with Gasteiger partial charge in [0, 0.05) is 11.8 Å². The van der Waals surface area contributed by atoms with Crippen LogP contribution in [0.1, 0.15) is 11.1 Å². The van der Waals surface area contributed by atoms with E-state index in [1.54, 1.807) is 36.4 Å². The molecule has 0 aliphatic heterocycles. The van der Waals surface area contributed by atoms with Crippen LogP contribution in [0.15, 0.2) is 78.9 Å². The van der Waals surface area contributed by atoms with Gasteiger partial charge < -0.3 is 10.1 Å². The number of amides is 1. The molecule has 3 aromatic carbocycles. The van der Waals surface area contributed by atoms with Crippen LogP contribution < -0.4 is 10.1 Å². The lowest BCUT2D eigenvalue weighted by atomic mass is 10.2. The van der Waals surface area contributed by atoms with Crippen LogP contribution in [0.25, 0.3) is 6.08 Å². The molecular formula is C22H17Cl2NO2. The first-order chi connectivity index (χ1) is 13.1. The number of benzene rings is 3. The van der Waals surface area contributed by atoms with Crippen molar-refractivity contribution < 1.29 is 9.53 Å². The Labute approximate surface area is 168 Å². The summed E-state index contributed by atoms with van der Waals surface area (Å²) in [5, 5.41) is 3.73. The number of hydrogen-bond donors (Lipinski definition) is 1. The van der Waals surface area contributed by atoms with Crippen molar-refractivity contribution in [3.05, 3.63) is 100 Å². The second kappa shape index (κ2) is 9.26. The second-order valence-electron chi connectivity index (χ2n) is 5.79. The van der Waals surface area contributed by atoms with Crippen LogP contribution in [-0.2, 0) is 11.4 Å². The van der Waals surface area contributed by atoms with E-state index in [1.807, 2.05) is 42.5 Å². The van der Waals surface area contributed by atoms with Crippen LogP contribution in [0, 0.1) is 0 Å². The van der Waals surface area contributed by atoms with E-state index in [4.69, 9.17) is 27.9 Å². The first-order valence-electron chi connectivity index (χ1n) is 8.31. The molecule has 0 aromatic heterocycles. The molecule has 0 atom stereocenters. The number of hydrogen-bond acceptors (Lipinski definition) is 2. The third kappa shape index (κ3) is 5.88. The molecule has 3 aromatic rings. The van der Waals surface area contributed by atoms with Crippen molar-refractivity contribution in [3.63, 3.8) is 0 Å². The van der Waals surface area contributed by atoms with Crippen molar-refractivity contribution in [2.75, 3.05) is 5.32 Å². The molecule has 0 heterocycles. The van der Waals surface area contributed by atoms with Crippen LogP contribution >= 0.6 is 23.2 Å². The van der Waals surface area contributed by atoms with E-state index in [9.17, 15) is 4.79 Å². The van der Waals surface area contributed by atoms with Gasteiger partial charge in [0.05, 0.1) is 10.0 Å². The van der Waals surface area contributed by atoms with E-state index < -0.39 is 0 Å². The Morgan fingerprint density at radius 3 is 2.37 bits per heavy atom. The van der Waals surface area contributed by atoms with Crippen LogP contribution in [0.2, 0.25) is 10.0 Å². The third-order valence-electron chi connectivity index (χ3n) is 3.74. The predicted octanol–water partition coefficient (Wildman–Crippen LogP) is 6.22. The molecule has 0 aliphatic rings. The Kier molecular flexibility index (Phi) is 6.53. The van der Waals surface area contributed by atoms with Crippen LogP contribution in [0.3, 0.4) is 0 Å². The highest BCUT2D eigenvalue weighted by Crippen LogP contribution is 2.23. The maximum atomic E-state index is 12.0. The summed E-state index contributed by atoms with van der Waals surface area (Å²) in [5.41, 5.74) is 2.58. The van der Waals surface area contributed by atoms with Crippen molar-refractivity contribution in [1.29, 1.82) is 0 Å². The standard InChI is InChI=1S/C22H17Cl2NO2/c23-20-12-6-16(14-21(20)24)7-13-22(26)25-18-8-10-19(11-9-18)27-15-17-4-2-1-3-5-17/h1-14H,15H2,(H,25,26)/b13-7+. The lowest BCUT2D eigenvalue weighted by molar-refractivity contribution is -0.111. The normalized spacial score (nSPS) is 10.7. The van der Waals surface area contributed by atoms with Gasteiger partial charge in [0.15, 0.2) is 0 Å². The SMILES string of the molecule is O=C(/C=C/c1ccc(Cl)c(Cl)c1)Nc1ccc(OCc2ccccc2)cc1. The zero-order chi connectivity index (χ0) is 19.1. The van der Waals surface area contributed by atoms with Crippen molar-refractivity contribution in [2.45, 2.75) is 6.61 Å². The molecule has 0 saturated carbocycles. The van der Waals surface area contributed by atoms with Crippen LogP contribution in [0.4, 0.5) is 5.69 Å². The summed E-state index contributed by atoms with van der Waals surface area (Å²) in [6.45, 7) is 0.499. The summed E-state index contributed by atoms with van der Waals surface area (Å²) in [6.07, 6.45) is 3.12. The van der Waals surface area contributed by atoms with Crippen molar-refractivity contribution in [2.24, 2.45) is 0 Å². The minimum Gasteiger partial charge on any atom is -0.489 e. The van der Waals surface area contributed by atoms with Gasteiger partial charge in [-0.25, -0.2) is 0 Å².